The van der Waals surface area contributed by atoms with Crippen molar-refractivity contribution in [2.75, 3.05) is 23.9 Å². The molecule has 38 heavy (non-hydrogen) atoms. The van der Waals surface area contributed by atoms with Crippen LogP contribution in [0.5, 0.6) is 0 Å². The van der Waals surface area contributed by atoms with Crippen molar-refractivity contribution in [2.24, 2.45) is 0 Å². The van der Waals surface area contributed by atoms with Crippen LogP contribution in [0.15, 0.2) is 79.0 Å². The predicted molar refractivity (Wildman–Crippen MR) is 149 cm³/mol. The number of nitrogens with zero attached hydrogens (tertiary/aromatic N) is 4. The second-order valence-electron chi connectivity index (χ2n) is 9.58. The predicted octanol–water partition coefficient (Wildman–Crippen LogP) is 6.75. The van der Waals surface area contributed by atoms with Gasteiger partial charge >= 0.3 is 6.18 Å². The van der Waals surface area contributed by atoms with Crippen LogP contribution in [0.25, 0.3) is 5.69 Å². The number of aromatic nitrogens is 2. The second kappa shape index (κ2) is 9.79. The smallest absolute Gasteiger partial charge is 0.378 e. The summed E-state index contributed by atoms with van der Waals surface area (Å²) in [6.45, 7) is 3.69. The van der Waals surface area contributed by atoms with Gasteiger partial charge in [-0.05, 0) is 86.2 Å². The Kier molecular flexibility index (Phi) is 6.65. The molecule has 1 N–H and O–H groups in total. The average molecular weight is 536 g/mol. The van der Waals surface area contributed by atoms with Gasteiger partial charge in [0, 0.05) is 43.1 Å². The maximum Gasteiger partial charge on any atom is 0.418 e. The number of aryl methyl sites for hydroxylation is 1. The maximum atomic E-state index is 14.0. The molecule has 2 aromatic heterocycles. The van der Waals surface area contributed by atoms with Gasteiger partial charge in [0.1, 0.15) is 0 Å². The molecule has 5 nitrogen and oxygen atoms in total. The molecule has 0 spiro atoms. The Morgan fingerprint density at radius 2 is 1.63 bits per heavy atom. The van der Waals surface area contributed by atoms with Crippen LogP contribution in [0.3, 0.4) is 0 Å². The van der Waals surface area contributed by atoms with Gasteiger partial charge in [0.05, 0.1) is 29.0 Å². The van der Waals surface area contributed by atoms with Gasteiger partial charge < -0.3 is 19.7 Å². The number of thiocarbonyl (C=S) groups is 1. The Labute approximate surface area is 225 Å². The molecule has 9 heteroatoms. The number of anilines is 2. The van der Waals surface area contributed by atoms with Crippen molar-refractivity contribution >= 4 is 28.7 Å². The van der Waals surface area contributed by atoms with E-state index in [1.165, 1.54) is 12.1 Å². The third-order valence-corrected chi connectivity index (χ3v) is 7.30. The van der Waals surface area contributed by atoms with Gasteiger partial charge in [0.15, 0.2) is 5.11 Å². The molecule has 1 saturated heterocycles. The molecule has 0 radical (unpaired) electrons. The average Bonchev–Trinajstić information content (AvgIpc) is 3.39. The van der Waals surface area contributed by atoms with E-state index in [4.69, 9.17) is 12.2 Å². The molecule has 1 fully saturated rings. The third-order valence-electron chi connectivity index (χ3n) is 6.98. The van der Waals surface area contributed by atoms with Crippen molar-refractivity contribution in [1.82, 2.24) is 14.9 Å². The fraction of sp³-hybridized carbons (Fsp3) is 0.241. The van der Waals surface area contributed by atoms with E-state index in [-0.39, 0.29) is 17.8 Å². The molecule has 2 aromatic carbocycles. The van der Waals surface area contributed by atoms with Gasteiger partial charge in [-0.3, -0.25) is 4.98 Å². The standard InChI is InChI=1S/C29H28F3N5S/c1-18-17-22(19(2)36(18)25-11-6-5-9-23(25)29(30,31)32)27-26(24-10-7-8-16-33-24)34-28(38)37(27)21-14-12-20(13-15-21)35(3)4/h5-17,26-27H,1-4H3,(H,34,38). The topological polar surface area (TPSA) is 36.3 Å². The summed E-state index contributed by atoms with van der Waals surface area (Å²) in [6.07, 6.45) is -2.75. The summed E-state index contributed by atoms with van der Waals surface area (Å²) in [5, 5.41) is 3.96. The van der Waals surface area contributed by atoms with E-state index in [0.717, 1.165) is 28.7 Å². The number of rotatable bonds is 5. The highest BCUT2D eigenvalue weighted by Crippen LogP contribution is 2.44. The maximum absolute atomic E-state index is 14.0. The molecular weight excluding hydrogens is 507 g/mol. The van der Waals surface area contributed by atoms with Crippen LogP contribution in [0.4, 0.5) is 24.5 Å². The molecule has 4 aromatic rings. The minimum Gasteiger partial charge on any atom is -0.378 e. The molecule has 2 unspecified atom stereocenters. The fourth-order valence-electron chi connectivity index (χ4n) is 5.23. The Balaban J connectivity index is 1.68. The summed E-state index contributed by atoms with van der Waals surface area (Å²) in [6, 6.07) is 20.8. The van der Waals surface area contributed by atoms with Crippen LogP contribution in [0.2, 0.25) is 0 Å². The molecule has 0 bridgehead atoms. The lowest BCUT2D eigenvalue weighted by molar-refractivity contribution is -0.137. The van der Waals surface area contributed by atoms with Crippen LogP contribution in [-0.4, -0.2) is 28.8 Å². The first-order valence-electron chi connectivity index (χ1n) is 12.2. The highest BCUT2D eigenvalue weighted by atomic mass is 32.1. The van der Waals surface area contributed by atoms with Crippen LogP contribution in [-0.2, 0) is 6.18 Å². The van der Waals surface area contributed by atoms with Crippen molar-refractivity contribution < 1.29 is 13.2 Å². The van der Waals surface area contributed by atoms with E-state index >= 15 is 0 Å². The number of benzene rings is 2. The monoisotopic (exact) mass is 535 g/mol. The summed E-state index contributed by atoms with van der Waals surface area (Å²) in [4.78, 5) is 8.64. The van der Waals surface area contributed by atoms with E-state index in [1.807, 2.05) is 86.3 Å². The van der Waals surface area contributed by atoms with Crippen molar-refractivity contribution in [3.05, 3.63) is 107 Å². The van der Waals surface area contributed by atoms with E-state index in [1.54, 1.807) is 16.8 Å². The van der Waals surface area contributed by atoms with Gasteiger partial charge in [-0.2, -0.15) is 13.2 Å². The summed E-state index contributed by atoms with van der Waals surface area (Å²) in [5.74, 6) is 0. The molecule has 196 valence electrons. The highest BCUT2D eigenvalue weighted by Gasteiger charge is 2.43. The first kappa shape index (κ1) is 25.8. The van der Waals surface area contributed by atoms with Crippen molar-refractivity contribution in [2.45, 2.75) is 32.1 Å². The Morgan fingerprint density at radius 1 is 0.947 bits per heavy atom. The molecule has 0 saturated carbocycles. The Hall–Kier alpha value is -3.85. The summed E-state index contributed by atoms with van der Waals surface area (Å²) in [7, 11) is 3.95. The summed E-state index contributed by atoms with van der Waals surface area (Å²) in [5.41, 5.74) is 4.45. The van der Waals surface area contributed by atoms with Crippen molar-refractivity contribution in [1.29, 1.82) is 0 Å². The summed E-state index contributed by atoms with van der Waals surface area (Å²) < 4.78 is 43.5. The molecule has 2 atom stereocenters. The van der Waals surface area contributed by atoms with Crippen LogP contribution < -0.4 is 15.1 Å². The Bertz CT molecular complexity index is 1460. The van der Waals surface area contributed by atoms with E-state index in [2.05, 4.69) is 10.3 Å². The zero-order chi connectivity index (χ0) is 27.2. The van der Waals surface area contributed by atoms with Gasteiger partial charge in [0.2, 0.25) is 0 Å². The van der Waals surface area contributed by atoms with E-state index < -0.39 is 11.7 Å². The van der Waals surface area contributed by atoms with Crippen molar-refractivity contribution in [3.8, 4) is 5.69 Å². The van der Waals surface area contributed by atoms with Gasteiger partial charge in [-0.1, -0.05) is 18.2 Å². The molecule has 3 heterocycles. The number of hydrogen-bond donors (Lipinski definition) is 1. The van der Waals surface area contributed by atoms with Gasteiger partial charge in [-0.15, -0.1) is 0 Å². The minimum absolute atomic E-state index is 0.103. The second-order valence-corrected chi connectivity index (χ2v) is 9.97. The SMILES string of the molecule is Cc1cc(C2C(c3ccccn3)NC(=S)N2c2ccc(N(C)C)cc2)c(C)n1-c1ccccc1C(F)(F)F. The molecule has 5 rings (SSSR count). The van der Waals surface area contributed by atoms with E-state index in [0.29, 0.717) is 16.5 Å². The molecule has 1 aliphatic rings. The van der Waals surface area contributed by atoms with Crippen LogP contribution in [0.1, 0.15) is 40.3 Å². The fourth-order valence-corrected chi connectivity index (χ4v) is 5.57. The first-order valence-corrected chi connectivity index (χ1v) is 12.6. The number of para-hydroxylation sites is 1. The first-order chi connectivity index (χ1) is 18.1. The number of alkyl halides is 3. The molecule has 0 aliphatic carbocycles. The normalized spacial score (nSPS) is 17.6. The zero-order valence-electron chi connectivity index (χ0n) is 21.5. The lowest BCUT2D eigenvalue weighted by Crippen LogP contribution is -2.29. The van der Waals surface area contributed by atoms with Gasteiger partial charge in [-0.25, -0.2) is 0 Å². The van der Waals surface area contributed by atoms with Crippen LogP contribution in [0, 0.1) is 13.8 Å². The van der Waals surface area contributed by atoms with Crippen molar-refractivity contribution in [3.63, 3.8) is 0 Å². The molecular formula is C29H28F3N5S. The molecule has 0 amide bonds. The zero-order valence-corrected chi connectivity index (χ0v) is 22.3. The third kappa shape index (κ3) is 4.51. The minimum atomic E-state index is -4.48. The molecule has 1 aliphatic heterocycles. The largest absolute Gasteiger partial charge is 0.418 e. The number of pyridine rings is 1. The summed E-state index contributed by atoms with van der Waals surface area (Å²) >= 11 is 5.83. The lowest BCUT2D eigenvalue weighted by atomic mass is 9.96. The number of halogens is 3. The number of hydrogen-bond acceptors (Lipinski definition) is 3. The van der Waals surface area contributed by atoms with Gasteiger partial charge in [0.25, 0.3) is 0 Å². The Morgan fingerprint density at radius 3 is 2.26 bits per heavy atom. The lowest BCUT2D eigenvalue weighted by Gasteiger charge is -2.28. The highest BCUT2D eigenvalue weighted by molar-refractivity contribution is 7.80. The quantitative estimate of drug-likeness (QED) is 0.286. The number of nitrogens with one attached hydrogen (secondary N) is 1. The van der Waals surface area contributed by atoms with Crippen LogP contribution >= 0.6 is 12.2 Å². The van der Waals surface area contributed by atoms with E-state index in [9.17, 15) is 13.2 Å².